The molecule has 0 bridgehead atoms. The smallest absolute Gasteiger partial charge is 0.209 e. The van der Waals surface area contributed by atoms with Gasteiger partial charge in [-0.3, -0.25) is 0 Å². The van der Waals surface area contributed by atoms with E-state index in [4.69, 9.17) is 0 Å². The molecule has 6 nitrogen and oxygen atoms in total. The molecule has 0 aliphatic heterocycles. The molecule has 0 atom stereocenters. The van der Waals surface area contributed by atoms with Crippen LogP contribution in [0.4, 0.5) is 0 Å². The molecule has 130 valence electrons. The quantitative estimate of drug-likeness (QED) is 0.652. The van der Waals surface area contributed by atoms with Crippen molar-refractivity contribution in [2.24, 2.45) is 0 Å². The van der Waals surface area contributed by atoms with Crippen molar-refractivity contribution in [3.05, 3.63) is 28.7 Å². The van der Waals surface area contributed by atoms with Gasteiger partial charge in [-0.05, 0) is 47.5 Å². The standard InChI is InChI=1S/C15H19BrN4O2S2/c16-12-6-8-14(9-7-12)24(21,22)11-10-23-15-17-18-19-20(15)13-4-2-1-3-5-13/h6-9,13H,1-5,10-11H2. The van der Waals surface area contributed by atoms with Crippen molar-refractivity contribution in [2.75, 3.05) is 11.5 Å². The van der Waals surface area contributed by atoms with Gasteiger partial charge in [-0.25, -0.2) is 13.1 Å². The van der Waals surface area contributed by atoms with E-state index in [-0.39, 0.29) is 5.75 Å². The summed E-state index contributed by atoms with van der Waals surface area (Å²) in [6.07, 6.45) is 5.86. The fraction of sp³-hybridized carbons (Fsp3) is 0.533. The monoisotopic (exact) mass is 430 g/mol. The van der Waals surface area contributed by atoms with E-state index in [1.807, 2.05) is 4.68 Å². The zero-order valence-electron chi connectivity index (χ0n) is 13.1. The summed E-state index contributed by atoms with van der Waals surface area (Å²) in [6.45, 7) is 0. The first-order valence-electron chi connectivity index (χ1n) is 7.95. The highest BCUT2D eigenvalue weighted by Gasteiger charge is 2.21. The molecule has 1 aromatic heterocycles. The van der Waals surface area contributed by atoms with Crippen LogP contribution in [-0.4, -0.2) is 40.1 Å². The first kappa shape index (κ1) is 17.9. The van der Waals surface area contributed by atoms with Crippen molar-refractivity contribution in [3.8, 4) is 0 Å². The predicted molar refractivity (Wildman–Crippen MR) is 96.9 cm³/mol. The summed E-state index contributed by atoms with van der Waals surface area (Å²) in [5.41, 5.74) is 0. The Kier molecular flexibility index (Phi) is 5.93. The fourth-order valence-corrected chi connectivity index (χ4v) is 5.69. The van der Waals surface area contributed by atoms with Gasteiger partial charge in [0.05, 0.1) is 16.7 Å². The van der Waals surface area contributed by atoms with Crippen LogP contribution in [0.2, 0.25) is 0 Å². The molecule has 0 spiro atoms. The number of benzene rings is 1. The zero-order valence-corrected chi connectivity index (χ0v) is 16.4. The van der Waals surface area contributed by atoms with Crippen molar-refractivity contribution in [2.45, 2.75) is 48.2 Å². The summed E-state index contributed by atoms with van der Waals surface area (Å²) >= 11 is 4.72. The molecule has 1 saturated carbocycles. The highest BCUT2D eigenvalue weighted by Crippen LogP contribution is 2.30. The molecule has 0 saturated heterocycles. The fourth-order valence-electron chi connectivity index (χ4n) is 2.84. The van der Waals surface area contributed by atoms with Crippen LogP contribution in [0.3, 0.4) is 0 Å². The van der Waals surface area contributed by atoms with E-state index < -0.39 is 9.84 Å². The minimum atomic E-state index is -3.29. The van der Waals surface area contributed by atoms with Gasteiger partial charge in [0.1, 0.15) is 0 Å². The van der Waals surface area contributed by atoms with Gasteiger partial charge in [0.15, 0.2) is 9.84 Å². The third-order valence-electron chi connectivity index (χ3n) is 4.14. The van der Waals surface area contributed by atoms with E-state index in [1.165, 1.54) is 31.0 Å². The summed E-state index contributed by atoms with van der Waals surface area (Å²) in [4.78, 5) is 0.346. The summed E-state index contributed by atoms with van der Waals surface area (Å²) in [5, 5.41) is 12.6. The van der Waals surface area contributed by atoms with Gasteiger partial charge in [-0.2, -0.15) is 0 Å². The second kappa shape index (κ2) is 7.97. The van der Waals surface area contributed by atoms with E-state index in [1.54, 1.807) is 24.3 Å². The Morgan fingerprint density at radius 1 is 1.17 bits per heavy atom. The number of aromatic nitrogens is 4. The number of nitrogens with zero attached hydrogens (tertiary/aromatic N) is 4. The van der Waals surface area contributed by atoms with Gasteiger partial charge in [0.25, 0.3) is 0 Å². The lowest BCUT2D eigenvalue weighted by Crippen LogP contribution is -2.16. The second-order valence-electron chi connectivity index (χ2n) is 5.82. The largest absolute Gasteiger partial charge is 0.224 e. The SMILES string of the molecule is O=S(=O)(CCSc1nnnn1C1CCCCC1)c1ccc(Br)cc1. The highest BCUT2D eigenvalue weighted by atomic mass is 79.9. The van der Waals surface area contributed by atoms with Crippen molar-refractivity contribution in [1.82, 2.24) is 20.2 Å². The lowest BCUT2D eigenvalue weighted by atomic mass is 9.96. The molecule has 24 heavy (non-hydrogen) atoms. The minimum absolute atomic E-state index is 0.0663. The third kappa shape index (κ3) is 4.37. The van der Waals surface area contributed by atoms with E-state index in [9.17, 15) is 8.42 Å². The first-order valence-corrected chi connectivity index (χ1v) is 11.4. The van der Waals surface area contributed by atoms with Crippen molar-refractivity contribution in [1.29, 1.82) is 0 Å². The summed E-state index contributed by atoms with van der Waals surface area (Å²) in [6, 6.07) is 7.07. The van der Waals surface area contributed by atoms with Gasteiger partial charge in [-0.1, -0.05) is 47.0 Å². The average molecular weight is 431 g/mol. The van der Waals surface area contributed by atoms with Crippen molar-refractivity contribution < 1.29 is 8.42 Å². The van der Waals surface area contributed by atoms with E-state index in [0.717, 1.165) is 17.3 Å². The molecule has 0 amide bonds. The van der Waals surface area contributed by atoms with Crippen LogP contribution >= 0.6 is 27.7 Å². The molecule has 1 fully saturated rings. The van der Waals surface area contributed by atoms with E-state index in [2.05, 4.69) is 31.5 Å². The van der Waals surface area contributed by atoms with Crippen LogP contribution in [0.15, 0.2) is 38.8 Å². The highest BCUT2D eigenvalue weighted by molar-refractivity contribution is 9.10. The van der Waals surface area contributed by atoms with Gasteiger partial charge in [0.2, 0.25) is 5.16 Å². The summed E-state index contributed by atoms with van der Waals surface area (Å²) in [7, 11) is -3.29. The Morgan fingerprint density at radius 2 is 1.88 bits per heavy atom. The molecule has 0 radical (unpaired) electrons. The predicted octanol–water partition coefficient (Wildman–Crippen LogP) is 3.51. The second-order valence-corrected chi connectivity index (χ2v) is 9.91. The number of halogens is 1. The lowest BCUT2D eigenvalue weighted by Gasteiger charge is -2.21. The number of thioether (sulfide) groups is 1. The lowest BCUT2D eigenvalue weighted by molar-refractivity contribution is 0.307. The Morgan fingerprint density at radius 3 is 2.58 bits per heavy atom. The Balaban J connectivity index is 1.60. The topological polar surface area (TPSA) is 77.7 Å². The van der Waals surface area contributed by atoms with Crippen LogP contribution < -0.4 is 0 Å². The molecular weight excluding hydrogens is 412 g/mol. The van der Waals surface area contributed by atoms with E-state index in [0.29, 0.717) is 21.8 Å². The molecule has 0 N–H and O–H groups in total. The molecule has 1 aliphatic rings. The maximum Gasteiger partial charge on any atom is 0.209 e. The Labute approximate surface area is 154 Å². The normalized spacial score (nSPS) is 16.4. The van der Waals surface area contributed by atoms with Crippen LogP contribution in [0.25, 0.3) is 0 Å². The van der Waals surface area contributed by atoms with Gasteiger partial charge in [-0.15, -0.1) is 5.10 Å². The summed E-state index contributed by atoms with van der Waals surface area (Å²) in [5.74, 6) is 0.502. The van der Waals surface area contributed by atoms with Crippen molar-refractivity contribution >= 4 is 37.5 Å². The number of sulfone groups is 1. The first-order chi connectivity index (χ1) is 11.6. The van der Waals surface area contributed by atoms with Crippen LogP contribution in [0.1, 0.15) is 38.1 Å². The molecule has 1 aliphatic carbocycles. The maximum atomic E-state index is 12.4. The van der Waals surface area contributed by atoms with Crippen molar-refractivity contribution in [3.63, 3.8) is 0 Å². The van der Waals surface area contributed by atoms with Gasteiger partial charge < -0.3 is 0 Å². The molecule has 2 aromatic rings. The number of hydrogen-bond acceptors (Lipinski definition) is 6. The van der Waals surface area contributed by atoms with Gasteiger partial charge in [0, 0.05) is 10.2 Å². The Bertz CT molecular complexity index is 771. The maximum absolute atomic E-state index is 12.4. The van der Waals surface area contributed by atoms with Crippen LogP contribution in [0, 0.1) is 0 Å². The third-order valence-corrected chi connectivity index (χ3v) is 7.59. The number of tetrazole rings is 1. The van der Waals surface area contributed by atoms with Gasteiger partial charge >= 0.3 is 0 Å². The van der Waals surface area contributed by atoms with Crippen LogP contribution in [0.5, 0.6) is 0 Å². The molecule has 1 heterocycles. The Hall–Kier alpha value is -0.930. The summed E-state index contributed by atoms with van der Waals surface area (Å²) < 4.78 is 27.5. The average Bonchev–Trinajstić information content (AvgIpc) is 3.04. The molecule has 3 rings (SSSR count). The molecule has 1 aromatic carbocycles. The molecular formula is C15H19BrN4O2S2. The van der Waals surface area contributed by atoms with E-state index >= 15 is 0 Å². The molecule has 9 heteroatoms. The van der Waals surface area contributed by atoms with Crippen LogP contribution in [-0.2, 0) is 9.84 Å². The number of rotatable bonds is 6. The molecule has 0 unspecified atom stereocenters. The zero-order chi connectivity index (χ0) is 17.0. The minimum Gasteiger partial charge on any atom is -0.224 e. The number of hydrogen-bond donors (Lipinski definition) is 0.